The van der Waals surface area contributed by atoms with Crippen LogP contribution in [0.2, 0.25) is 0 Å². The highest BCUT2D eigenvalue weighted by Crippen LogP contribution is 2.19. The van der Waals surface area contributed by atoms with Crippen LogP contribution in [0.25, 0.3) is 10.9 Å². The first-order chi connectivity index (χ1) is 11.1. The summed E-state index contributed by atoms with van der Waals surface area (Å²) in [5.74, 6) is 0. The second-order valence-electron chi connectivity index (χ2n) is 5.76. The van der Waals surface area contributed by atoms with Crippen molar-refractivity contribution < 1.29 is 4.79 Å². The Labute approximate surface area is 136 Å². The first kappa shape index (κ1) is 15.2. The van der Waals surface area contributed by atoms with Gasteiger partial charge in [-0.2, -0.15) is 0 Å². The van der Waals surface area contributed by atoms with Crippen LogP contribution in [0.4, 0.5) is 4.79 Å². The number of rotatable bonds is 4. The molecule has 1 aromatic heterocycles. The van der Waals surface area contributed by atoms with E-state index in [1.807, 2.05) is 30.3 Å². The van der Waals surface area contributed by atoms with Gasteiger partial charge in [-0.25, -0.2) is 4.79 Å². The number of aromatic nitrogens is 1. The van der Waals surface area contributed by atoms with Gasteiger partial charge in [-0.15, -0.1) is 0 Å². The van der Waals surface area contributed by atoms with E-state index in [0.717, 1.165) is 11.1 Å². The van der Waals surface area contributed by atoms with E-state index in [0.29, 0.717) is 13.1 Å². The molecule has 0 aliphatic heterocycles. The number of amides is 2. The Hall–Kier alpha value is -2.75. The predicted molar refractivity (Wildman–Crippen MR) is 93.2 cm³/mol. The first-order valence-corrected chi connectivity index (χ1v) is 7.74. The van der Waals surface area contributed by atoms with Crippen LogP contribution >= 0.6 is 0 Å². The third-order valence-corrected chi connectivity index (χ3v) is 4.10. The fourth-order valence-corrected chi connectivity index (χ4v) is 2.67. The maximum absolute atomic E-state index is 11.9. The summed E-state index contributed by atoms with van der Waals surface area (Å²) in [7, 11) is 2.06. The van der Waals surface area contributed by atoms with Crippen LogP contribution in [0.5, 0.6) is 0 Å². The van der Waals surface area contributed by atoms with Crippen LogP contribution in [0.1, 0.15) is 16.8 Å². The Morgan fingerprint density at radius 3 is 2.39 bits per heavy atom. The molecule has 2 N–H and O–H groups in total. The number of hydrogen-bond acceptors (Lipinski definition) is 1. The number of carbonyl (C=O) groups is 1. The Morgan fingerprint density at radius 2 is 1.65 bits per heavy atom. The summed E-state index contributed by atoms with van der Waals surface area (Å²) in [5, 5.41) is 6.97. The molecule has 4 nitrogen and oxygen atoms in total. The van der Waals surface area contributed by atoms with Crippen molar-refractivity contribution in [3.05, 3.63) is 71.4 Å². The number of nitrogens with one attached hydrogen (secondary N) is 2. The molecular formula is C19H21N3O. The van der Waals surface area contributed by atoms with Gasteiger partial charge >= 0.3 is 6.03 Å². The molecule has 3 aromatic rings. The summed E-state index contributed by atoms with van der Waals surface area (Å²) < 4.78 is 2.17. The normalized spacial score (nSPS) is 10.7. The molecule has 0 fully saturated rings. The van der Waals surface area contributed by atoms with Gasteiger partial charge < -0.3 is 15.2 Å². The smallest absolute Gasteiger partial charge is 0.315 e. The van der Waals surface area contributed by atoms with Crippen LogP contribution in [0, 0.1) is 6.92 Å². The minimum Gasteiger partial charge on any atom is -0.348 e. The highest BCUT2D eigenvalue weighted by molar-refractivity contribution is 5.82. The van der Waals surface area contributed by atoms with Gasteiger partial charge in [0.1, 0.15) is 0 Å². The van der Waals surface area contributed by atoms with E-state index in [1.54, 1.807) is 0 Å². The number of carbonyl (C=O) groups excluding carboxylic acids is 1. The molecule has 4 heteroatoms. The molecular weight excluding hydrogens is 286 g/mol. The molecule has 23 heavy (non-hydrogen) atoms. The number of benzene rings is 2. The fourth-order valence-electron chi connectivity index (χ4n) is 2.67. The van der Waals surface area contributed by atoms with Crippen LogP contribution in [-0.4, -0.2) is 10.6 Å². The summed E-state index contributed by atoms with van der Waals surface area (Å²) in [6, 6.07) is 18.2. The lowest BCUT2D eigenvalue weighted by atomic mass is 10.1. The highest BCUT2D eigenvalue weighted by atomic mass is 16.2. The van der Waals surface area contributed by atoms with Crippen LogP contribution in [0.15, 0.2) is 54.6 Å². The lowest BCUT2D eigenvalue weighted by Gasteiger charge is -2.08. The summed E-state index contributed by atoms with van der Waals surface area (Å²) in [5.41, 5.74) is 4.62. The molecule has 0 radical (unpaired) electrons. The summed E-state index contributed by atoms with van der Waals surface area (Å²) in [6.45, 7) is 3.14. The molecule has 0 atom stereocenters. The zero-order valence-electron chi connectivity index (χ0n) is 13.5. The molecule has 0 saturated carbocycles. The van der Waals surface area contributed by atoms with Crippen molar-refractivity contribution in [3.63, 3.8) is 0 Å². The second-order valence-corrected chi connectivity index (χ2v) is 5.76. The van der Waals surface area contributed by atoms with Crippen molar-refractivity contribution in [1.82, 2.24) is 15.2 Å². The Morgan fingerprint density at radius 1 is 0.957 bits per heavy atom. The van der Waals surface area contributed by atoms with Crippen LogP contribution < -0.4 is 10.6 Å². The van der Waals surface area contributed by atoms with Crippen LogP contribution in [0.3, 0.4) is 0 Å². The van der Waals surface area contributed by atoms with E-state index in [9.17, 15) is 4.79 Å². The zero-order valence-corrected chi connectivity index (χ0v) is 13.5. The Balaban J connectivity index is 1.56. The predicted octanol–water partition coefficient (Wildman–Crippen LogP) is 3.49. The maximum Gasteiger partial charge on any atom is 0.315 e. The first-order valence-electron chi connectivity index (χ1n) is 7.74. The van der Waals surface area contributed by atoms with Crippen molar-refractivity contribution in [1.29, 1.82) is 0 Å². The van der Waals surface area contributed by atoms with Crippen molar-refractivity contribution in [2.45, 2.75) is 20.0 Å². The zero-order chi connectivity index (χ0) is 16.2. The summed E-state index contributed by atoms with van der Waals surface area (Å²) in [4.78, 5) is 11.9. The standard InChI is InChI=1S/C19H21N3O/c1-14-10-17-11-16(8-9-18(17)22(14)2)13-21-19(23)20-12-15-6-4-3-5-7-15/h3-11H,12-13H2,1-2H3,(H2,20,21,23). The lowest BCUT2D eigenvalue weighted by molar-refractivity contribution is 0.240. The molecule has 0 aliphatic carbocycles. The summed E-state index contributed by atoms with van der Waals surface area (Å²) >= 11 is 0. The molecule has 0 unspecified atom stereocenters. The highest BCUT2D eigenvalue weighted by Gasteiger charge is 2.05. The average Bonchev–Trinajstić information content (AvgIpc) is 2.86. The number of hydrogen-bond donors (Lipinski definition) is 2. The minimum absolute atomic E-state index is 0.154. The quantitative estimate of drug-likeness (QED) is 0.761. The average molecular weight is 307 g/mol. The largest absolute Gasteiger partial charge is 0.348 e. The van der Waals surface area contributed by atoms with E-state index >= 15 is 0 Å². The van der Waals surface area contributed by atoms with Gasteiger partial charge in [0, 0.05) is 36.7 Å². The third kappa shape index (κ3) is 3.54. The monoisotopic (exact) mass is 307 g/mol. The van der Waals surface area contributed by atoms with Crippen molar-refractivity contribution in [3.8, 4) is 0 Å². The number of aryl methyl sites for hydroxylation is 2. The van der Waals surface area contributed by atoms with E-state index in [1.165, 1.54) is 16.6 Å². The van der Waals surface area contributed by atoms with Crippen LogP contribution in [-0.2, 0) is 20.1 Å². The van der Waals surface area contributed by atoms with Crippen molar-refractivity contribution >= 4 is 16.9 Å². The van der Waals surface area contributed by atoms with Gasteiger partial charge in [0.2, 0.25) is 0 Å². The summed E-state index contributed by atoms with van der Waals surface area (Å²) in [6.07, 6.45) is 0. The molecule has 0 aliphatic rings. The molecule has 3 rings (SSSR count). The van der Waals surface area contributed by atoms with Gasteiger partial charge in [-0.1, -0.05) is 36.4 Å². The van der Waals surface area contributed by atoms with Gasteiger partial charge in [-0.3, -0.25) is 0 Å². The second kappa shape index (κ2) is 6.57. The van der Waals surface area contributed by atoms with Gasteiger partial charge in [-0.05, 0) is 36.2 Å². The topological polar surface area (TPSA) is 46.1 Å². The molecule has 0 saturated heterocycles. The molecule has 0 bridgehead atoms. The maximum atomic E-state index is 11.9. The van der Waals surface area contributed by atoms with Gasteiger partial charge in [0.15, 0.2) is 0 Å². The molecule has 0 spiro atoms. The molecule has 2 aromatic carbocycles. The SMILES string of the molecule is Cc1cc2cc(CNC(=O)NCc3ccccc3)ccc2n1C. The van der Waals surface area contributed by atoms with E-state index in [-0.39, 0.29) is 6.03 Å². The van der Waals surface area contributed by atoms with Gasteiger partial charge in [0.25, 0.3) is 0 Å². The Kier molecular flexibility index (Phi) is 4.33. The Bertz CT molecular complexity index is 821. The number of nitrogens with zero attached hydrogens (tertiary/aromatic N) is 1. The van der Waals surface area contributed by atoms with E-state index < -0.39 is 0 Å². The fraction of sp³-hybridized carbons (Fsp3) is 0.211. The minimum atomic E-state index is -0.154. The van der Waals surface area contributed by atoms with Crippen molar-refractivity contribution in [2.75, 3.05) is 0 Å². The number of urea groups is 1. The van der Waals surface area contributed by atoms with Gasteiger partial charge in [0.05, 0.1) is 0 Å². The molecule has 118 valence electrons. The third-order valence-electron chi connectivity index (χ3n) is 4.10. The van der Waals surface area contributed by atoms with Crippen molar-refractivity contribution in [2.24, 2.45) is 7.05 Å². The van der Waals surface area contributed by atoms with E-state index in [2.05, 4.69) is 53.4 Å². The lowest BCUT2D eigenvalue weighted by Crippen LogP contribution is -2.34. The number of fused-ring (bicyclic) bond motifs is 1. The molecule has 2 amide bonds. The molecule has 1 heterocycles. The van der Waals surface area contributed by atoms with E-state index in [4.69, 9.17) is 0 Å².